The summed E-state index contributed by atoms with van der Waals surface area (Å²) in [4.78, 5) is 0. The molecule has 0 saturated heterocycles. The first-order chi connectivity index (χ1) is 16.5. The first-order valence-electron chi connectivity index (χ1n) is 12.1. The largest absolute Gasteiger partial charge is 0.320 e. The zero-order valence-electron chi connectivity index (χ0n) is 20.2. The summed E-state index contributed by atoms with van der Waals surface area (Å²) >= 11 is 5.85. The lowest BCUT2D eigenvalue weighted by Gasteiger charge is -2.16. The average molecular weight is 464 g/mol. The molecule has 3 aromatic carbocycles. The summed E-state index contributed by atoms with van der Waals surface area (Å²) in [7, 11) is 2.12. The van der Waals surface area contributed by atoms with Crippen molar-refractivity contribution < 1.29 is 0 Å². The number of aromatic nitrogens is 3. The summed E-state index contributed by atoms with van der Waals surface area (Å²) < 4.78 is 7.82. The number of hydrogen-bond donors (Lipinski definition) is 0. The molecule has 0 N–H and O–H groups in total. The summed E-state index contributed by atoms with van der Waals surface area (Å²) in [5, 5.41) is 5.17. The number of aryl methyl sites for hydroxylation is 1. The van der Waals surface area contributed by atoms with E-state index in [1.165, 1.54) is 60.5 Å². The molecule has 0 aliphatic heterocycles. The fourth-order valence-corrected chi connectivity index (χ4v) is 6.16. The highest BCUT2D eigenvalue weighted by atomic mass is 32.1. The number of hydrogen-bond acceptors (Lipinski definition) is 1. The average Bonchev–Trinajstić information content (AvgIpc) is 3.32. The van der Waals surface area contributed by atoms with Crippen LogP contribution in [-0.4, -0.2) is 13.7 Å². The predicted molar refractivity (Wildman–Crippen MR) is 146 cm³/mol. The summed E-state index contributed by atoms with van der Waals surface area (Å²) in [6.45, 7) is 7.63. The Bertz CT molecular complexity index is 1780. The molecule has 0 amide bonds. The molecule has 0 saturated carbocycles. The van der Waals surface area contributed by atoms with Crippen LogP contribution in [0.15, 0.2) is 66.7 Å². The highest BCUT2D eigenvalue weighted by Crippen LogP contribution is 2.36. The molecule has 170 valence electrons. The highest BCUT2D eigenvalue weighted by molar-refractivity contribution is 7.71. The molecule has 1 aliphatic carbocycles. The van der Waals surface area contributed by atoms with E-state index in [0.29, 0.717) is 0 Å². The smallest absolute Gasteiger partial charge is 0.180 e. The third kappa shape index (κ3) is 2.91. The van der Waals surface area contributed by atoms with Gasteiger partial charge in [-0.2, -0.15) is 0 Å². The van der Waals surface area contributed by atoms with Gasteiger partial charge in [-0.1, -0.05) is 36.4 Å². The molecule has 34 heavy (non-hydrogen) atoms. The van der Waals surface area contributed by atoms with Crippen molar-refractivity contribution in [2.45, 2.75) is 40.2 Å². The number of benzene rings is 3. The van der Waals surface area contributed by atoms with E-state index in [1.54, 1.807) is 0 Å². The van der Waals surface area contributed by atoms with Gasteiger partial charge in [0.15, 0.2) is 4.77 Å². The van der Waals surface area contributed by atoms with Gasteiger partial charge >= 0.3 is 0 Å². The Morgan fingerprint density at radius 1 is 0.824 bits per heavy atom. The minimum atomic E-state index is 0.892. The Balaban J connectivity index is 1.78. The Labute approximate surface area is 204 Å². The second-order valence-electron chi connectivity index (χ2n) is 9.40. The van der Waals surface area contributed by atoms with E-state index < -0.39 is 0 Å². The van der Waals surface area contributed by atoms with Crippen LogP contribution in [0.4, 0.5) is 0 Å². The van der Waals surface area contributed by atoms with Crippen molar-refractivity contribution in [2.24, 2.45) is 7.05 Å². The van der Waals surface area contributed by atoms with Gasteiger partial charge in [0, 0.05) is 30.1 Å². The third-order valence-electron chi connectivity index (χ3n) is 7.51. The van der Waals surface area contributed by atoms with Crippen molar-refractivity contribution in [3.05, 3.63) is 93.3 Å². The molecule has 4 heteroatoms. The standard InChI is InChI=1S/C30H29N3S/c1-5-32-28-19(2)15-16-21-17-27-25(18-24(21)20(3)29(28)31(4)30(32)34)23-13-9-10-14-26(23)33(27)22-11-7-6-8-12-22/h6-14,17-18H,5,15-16H2,1-4H3. The van der Waals surface area contributed by atoms with Crippen LogP contribution in [0.5, 0.6) is 0 Å². The number of rotatable bonds is 2. The van der Waals surface area contributed by atoms with Gasteiger partial charge in [0.05, 0.1) is 21.7 Å². The van der Waals surface area contributed by atoms with Gasteiger partial charge in [-0.3, -0.25) is 0 Å². The van der Waals surface area contributed by atoms with Gasteiger partial charge < -0.3 is 13.7 Å². The van der Waals surface area contributed by atoms with Gasteiger partial charge in [0.2, 0.25) is 0 Å². The van der Waals surface area contributed by atoms with Gasteiger partial charge in [0.25, 0.3) is 0 Å². The Hall–Kier alpha value is -3.37. The second kappa shape index (κ2) is 7.85. The van der Waals surface area contributed by atoms with Crippen molar-refractivity contribution in [3.8, 4) is 5.69 Å². The van der Waals surface area contributed by atoms with Crippen LogP contribution >= 0.6 is 12.2 Å². The summed E-state index contributed by atoms with van der Waals surface area (Å²) in [5.41, 5.74) is 9.20. The van der Waals surface area contributed by atoms with Crippen molar-refractivity contribution in [2.75, 3.05) is 0 Å². The SMILES string of the molecule is CCn1c2c(n(C)c1=S)=C(C)c1cc3c4ccccc4n(-c4ccccc4)c3cc1CCC=2C. The van der Waals surface area contributed by atoms with E-state index >= 15 is 0 Å². The predicted octanol–water partition coefficient (Wildman–Crippen LogP) is 6.01. The molecule has 3 nitrogen and oxygen atoms in total. The number of fused-ring (bicyclic) bond motifs is 5. The van der Waals surface area contributed by atoms with Crippen LogP contribution in [-0.2, 0) is 20.0 Å². The lowest BCUT2D eigenvalue weighted by atomic mass is 9.91. The zero-order valence-corrected chi connectivity index (χ0v) is 21.0. The topological polar surface area (TPSA) is 14.8 Å². The van der Waals surface area contributed by atoms with Crippen molar-refractivity contribution in [1.29, 1.82) is 0 Å². The Morgan fingerprint density at radius 2 is 1.56 bits per heavy atom. The Morgan fingerprint density at radius 3 is 2.32 bits per heavy atom. The van der Waals surface area contributed by atoms with E-state index in [4.69, 9.17) is 12.2 Å². The normalized spacial score (nSPS) is 13.8. The van der Waals surface area contributed by atoms with Crippen molar-refractivity contribution >= 4 is 45.2 Å². The molecule has 5 aromatic rings. The first-order valence-corrected chi connectivity index (χ1v) is 12.5. The monoisotopic (exact) mass is 463 g/mol. The molecule has 0 unspecified atom stereocenters. The highest BCUT2D eigenvalue weighted by Gasteiger charge is 2.19. The minimum Gasteiger partial charge on any atom is -0.320 e. The van der Waals surface area contributed by atoms with E-state index in [-0.39, 0.29) is 0 Å². The fourth-order valence-electron chi connectivity index (χ4n) is 5.85. The summed E-state index contributed by atoms with van der Waals surface area (Å²) in [5.74, 6) is 0. The lowest BCUT2D eigenvalue weighted by molar-refractivity contribution is 0.703. The third-order valence-corrected chi connectivity index (χ3v) is 8.00. The van der Waals surface area contributed by atoms with Crippen LogP contribution < -0.4 is 10.7 Å². The Kier molecular flexibility index (Phi) is 4.89. The summed E-state index contributed by atoms with van der Waals surface area (Å²) in [6.07, 6.45) is 2.05. The quantitative estimate of drug-likeness (QED) is 0.293. The van der Waals surface area contributed by atoms with E-state index in [9.17, 15) is 0 Å². The molecule has 2 aromatic heterocycles. The molecule has 0 radical (unpaired) electrons. The molecular formula is C30H29N3S. The van der Waals surface area contributed by atoms with Crippen LogP contribution in [0.3, 0.4) is 0 Å². The zero-order chi connectivity index (χ0) is 23.6. The molecular weight excluding hydrogens is 434 g/mol. The van der Waals surface area contributed by atoms with Gasteiger partial charge in [-0.25, -0.2) is 0 Å². The van der Waals surface area contributed by atoms with E-state index in [1.807, 2.05) is 0 Å². The number of para-hydroxylation sites is 2. The van der Waals surface area contributed by atoms with E-state index in [2.05, 4.69) is 108 Å². The number of nitrogens with zero attached hydrogens (tertiary/aromatic N) is 3. The molecule has 6 rings (SSSR count). The van der Waals surface area contributed by atoms with Crippen molar-refractivity contribution in [3.63, 3.8) is 0 Å². The van der Waals surface area contributed by atoms with Gasteiger partial charge in [0.1, 0.15) is 0 Å². The number of imidazole rings is 1. The van der Waals surface area contributed by atoms with E-state index in [0.717, 1.165) is 24.2 Å². The van der Waals surface area contributed by atoms with Crippen molar-refractivity contribution in [1.82, 2.24) is 13.7 Å². The molecule has 1 aliphatic rings. The maximum Gasteiger partial charge on any atom is 0.180 e. The van der Waals surface area contributed by atoms with Gasteiger partial charge in [-0.15, -0.1) is 0 Å². The lowest BCUT2D eigenvalue weighted by Crippen LogP contribution is -2.37. The fraction of sp³-hybridized carbons (Fsp3) is 0.233. The maximum atomic E-state index is 5.85. The molecule has 0 bridgehead atoms. The second-order valence-corrected chi connectivity index (χ2v) is 9.77. The first kappa shape index (κ1) is 21.2. The van der Waals surface area contributed by atoms with Gasteiger partial charge in [-0.05, 0) is 98.4 Å². The molecule has 0 fully saturated rings. The van der Waals surface area contributed by atoms with Crippen LogP contribution in [0.1, 0.15) is 38.3 Å². The molecule has 0 atom stereocenters. The van der Waals surface area contributed by atoms with Crippen LogP contribution in [0.25, 0.3) is 38.6 Å². The maximum absolute atomic E-state index is 5.85. The minimum absolute atomic E-state index is 0.892. The molecule has 0 spiro atoms. The van der Waals surface area contributed by atoms with Crippen LogP contribution in [0, 0.1) is 4.77 Å². The van der Waals surface area contributed by atoms with Crippen LogP contribution in [0.2, 0.25) is 0 Å². The molecule has 2 heterocycles. The summed E-state index contributed by atoms with van der Waals surface area (Å²) in [6, 6.07) is 24.3.